The third-order valence-corrected chi connectivity index (χ3v) is 12.4. The van der Waals surface area contributed by atoms with Crippen LogP contribution in [0.2, 0.25) is 0 Å². The Kier molecular flexibility index (Phi) is 6.67. The van der Waals surface area contributed by atoms with E-state index in [1.165, 1.54) is 69.8 Å². The van der Waals surface area contributed by atoms with Gasteiger partial charge in [-0.3, -0.25) is 0 Å². The van der Waals surface area contributed by atoms with E-state index in [1.54, 1.807) is 5.30 Å². The van der Waals surface area contributed by atoms with Crippen molar-refractivity contribution in [2.75, 3.05) is 0 Å². The van der Waals surface area contributed by atoms with Crippen molar-refractivity contribution >= 4 is 24.2 Å². The molecule has 134 valence electrons. The van der Waals surface area contributed by atoms with Crippen LogP contribution in [0, 0.1) is 5.62 Å². The highest BCUT2D eigenvalue weighted by atomic mass is 35.5. The van der Waals surface area contributed by atoms with Gasteiger partial charge < -0.3 is 11.6 Å². The van der Waals surface area contributed by atoms with Crippen LogP contribution in [-0.4, -0.2) is 11.3 Å². The Bertz CT molecular complexity index is 494. The molecule has 0 unspecified atom stereocenters. The van der Waals surface area contributed by atoms with Crippen molar-refractivity contribution in [3.8, 4) is 0 Å². The molecule has 0 atom stereocenters. The average Bonchev–Trinajstić information content (AvgIpc) is 2.65. The van der Waals surface area contributed by atoms with Gasteiger partial charge in [0.25, 0.3) is 0 Å². The van der Waals surface area contributed by atoms with Crippen LogP contribution < -0.4 is 5.30 Å². The van der Waals surface area contributed by atoms with Gasteiger partial charge in [0.2, 0.25) is 0 Å². The van der Waals surface area contributed by atoms with Crippen LogP contribution in [0.4, 0.5) is 0 Å². The molecule has 0 spiro atoms. The third kappa shape index (κ3) is 3.71. The van der Waals surface area contributed by atoms with E-state index in [9.17, 15) is 0 Å². The number of hydrogen-bond acceptors (Lipinski definition) is 0. The zero-order valence-electron chi connectivity index (χ0n) is 15.5. The van der Waals surface area contributed by atoms with Gasteiger partial charge in [0.05, 0.1) is 5.30 Å². The summed E-state index contributed by atoms with van der Waals surface area (Å²) in [5.74, 6) is 0.597. The average molecular weight is 365 g/mol. The Morgan fingerprint density at radius 2 is 1.46 bits per heavy atom. The molecule has 2 fully saturated rings. The number of rotatable bonds is 5. The van der Waals surface area contributed by atoms with Gasteiger partial charge in [0.1, 0.15) is 0 Å². The van der Waals surface area contributed by atoms with Crippen molar-refractivity contribution in [1.29, 1.82) is 0 Å². The molecule has 0 nitrogen and oxygen atoms in total. The second-order valence-electron chi connectivity index (χ2n) is 8.27. The highest BCUT2D eigenvalue weighted by molar-refractivity contribution is 7.87. The van der Waals surface area contributed by atoms with Gasteiger partial charge in [-0.2, -0.15) is 0 Å². The third-order valence-electron chi connectivity index (χ3n) is 6.50. The highest BCUT2D eigenvalue weighted by Gasteiger charge is 2.47. The minimum absolute atomic E-state index is 0.597. The summed E-state index contributed by atoms with van der Waals surface area (Å²) in [7, 11) is -1.41. The minimum Gasteiger partial charge on any atom is -0.304 e. The number of benzene rings is 1. The minimum atomic E-state index is -1.41. The van der Waals surface area contributed by atoms with Crippen LogP contribution >= 0.6 is 18.9 Å². The highest BCUT2D eigenvalue weighted by Crippen LogP contribution is 2.74. The monoisotopic (exact) mass is 364 g/mol. The molecule has 3 rings (SSSR count). The fraction of sp³-hybridized carbons (Fsp3) is 0.682. The van der Waals surface area contributed by atoms with E-state index >= 15 is 0 Å². The molecule has 2 aliphatic rings. The molecule has 0 amide bonds. The zero-order chi connectivity index (χ0) is 17.0. The summed E-state index contributed by atoms with van der Waals surface area (Å²) >= 11 is 6.78. The van der Waals surface area contributed by atoms with Crippen LogP contribution in [0.5, 0.6) is 0 Å². The fourth-order valence-corrected chi connectivity index (χ4v) is 11.4. The summed E-state index contributed by atoms with van der Waals surface area (Å²) < 4.78 is 0. The van der Waals surface area contributed by atoms with E-state index in [0.29, 0.717) is 5.92 Å². The second kappa shape index (κ2) is 8.55. The predicted octanol–water partition coefficient (Wildman–Crippen LogP) is 7.48. The van der Waals surface area contributed by atoms with E-state index in [2.05, 4.69) is 43.7 Å². The first-order valence-electron chi connectivity index (χ1n) is 10.1. The maximum Gasteiger partial charge on any atom is 0.0667 e. The Balaban J connectivity index is 2.03. The molecule has 0 aromatic heterocycles. The molecule has 0 aliphatic heterocycles. The molecule has 2 aliphatic carbocycles. The van der Waals surface area contributed by atoms with Crippen molar-refractivity contribution in [2.45, 2.75) is 95.3 Å². The van der Waals surface area contributed by atoms with Gasteiger partial charge in [-0.25, -0.2) is 0 Å². The summed E-state index contributed by atoms with van der Waals surface area (Å²) in [6, 6.07) is 9.55. The summed E-state index contributed by atoms with van der Waals surface area (Å²) in [5, 5.41) is 1.61. The SMILES string of the molecule is CC(C)c1cccc([P+]([CH-]Cl)(C2CCCCC2)C2CCCCC2)c1. The van der Waals surface area contributed by atoms with E-state index in [0.717, 1.165) is 11.3 Å². The summed E-state index contributed by atoms with van der Waals surface area (Å²) in [5.41, 5.74) is 5.39. The predicted molar refractivity (Wildman–Crippen MR) is 111 cm³/mol. The number of hydrogen-bond donors (Lipinski definition) is 0. The summed E-state index contributed by atoms with van der Waals surface area (Å²) in [4.78, 5) is 0. The molecule has 2 heteroatoms. The topological polar surface area (TPSA) is 0 Å². The molecule has 0 saturated heterocycles. The first-order chi connectivity index (χ1) is 11.7. The Morgan fingerprint density at radius 3 is 1.92 bits per heavy atom. The Labute approximate surface area is 155 Å². The first kappa shape index (κ1) is 18.7. The normalized spacial score (nSPS) is 21.3. The lowest BCUT2D eigenvalue weighted by atomic mass is 9.99. The Morgan fingerprint density at radius 1 is 0.917 bits per heavy atom. The summed E-state index contributed by atoms with van der Waals surface area (Å²) in [6.07, 6.45) is 14.1. The van der Waals surface area contributed by atoms with E-state index in [1.807, 2.05) is 0 Å². The lowest BCUT2D eigenvalue weighted by Crippen LogP contribution is -2.34. The van der Waals surface area contributed by atoms with Crippen LogP contribution in [-0.2, 0) is 0 Å². The lowest BCUT2D eigenvalue weighted by Gasteiger charge is -2.48. The van der Waals surface area contributed by atoms with Crippen LogP contribution in [0.1, 0.15) is 89.5 Å². The summed E-state index contributed by atoms with van der Waals surface area (Å²) in [6.45, 7) is 4.62. The van der Waals surface area contributed by atoms with Crippen molar-refractivity contribution in [1.82, 2.24) is 0 Å². The molecular formula is C22H34ClP. The van der Waals surface area contributed by atoms with Crippen molar-refractivity contribution in [3.05, 3.63) is 35.5 Å². The molecule has 2 saturated carbocycles. The van der Waals surface area contributed by atoms with Gasteiger partial charge >= 0.3 is 0 Å². The standard InChI is InChI=1S/C22H34ClP/c1-18(2)19-10-9-15-22(16-19)24(17-23,20-11-5-3-6-12-20)21-13-7-4-8-14-21/h9-10,15-18,20-21H,3-8,11-14H2,1-2H3. The van der Waals surface area contributed by atoms with E-state index in [4.69, 9.17) is 11.6 Å². The molecule has 1 aromatic rings. The van der Waals surface area contributed by atoms with E-state index in [-0.39, 0.29) is 0 Å². The molecule has 1 aromatic carbocycles. The van der Waals surface area contributed by atoms with Crippen molar-refractivity contribution in [2.24, 2.45) is 0 Å². The van der Waals surface area contributed by atoms with Crippen LogP contribution in [0.3, 0.4) is 0 Å². The first-order valence-corrected chi connectivity index (χ1v) is 12.5. The number of halogens is 1. The van der Waals surface area contributed by atoms with Gasteiger partial charge in [-0.1, -0.05) is 51.7 Å². The maximum atomic E-state index is 6.78. The van der Waals surface area contributed by atoms with Crippen LogP contribution in [0.25, 0.3) is 0 Å². The largest absolute Gasteiger partial charge is 0.304 e. The van der Waals surface area contributed by atoms with Crippen molar-refractivity contribution in [3.63, 3.8) is 0 Å². The quantitative estimate of drug-likeness (QED) is 0.375. The van der Waals surface area contributed by atoms with Gasteiger partial charge in [-0.05, 0) is 75.0 Å². The smallest absolute Gasteiger partial charge is 0.0667 e. The molecule has 0 radical (unpaired) electrons. The molecule has 0 heterocycles. The van der Waals surface area contributed by atoms with Crippen molar-refractivity contribution < 1.29 is 0 Å². The van der Waals surface area contributed by atoms with Gasteiger partial charge in [-0.15, -0.1) is 0 Å². The lowest BCUT2D eigenvalue weighted by molar-refractivity contribution is 0.483. The van der Waals surface area contributed by atoms with E-state index < -0.39 is 7.26 Å². The zero-order valence-corrected chi connectivity index (χ0v) is 17.2. The van der Waals surface area contributed by atoms with Crippen LogP contribution in [0.15, 0.2) is 24.3 Å². The second-order valence-corrected chi connectivity index (χ2v) is 12.7. The van der Waals surface area contributed by atoms with Gasteiger partial charge in [0, 0.05) is 11.3 Å². The maximum absolute atomic E-state index is 6.78. The molecule has 24 heavy (non-hydrogen) atoms. The molecular weight excluding hydrogens is 331 g/mol. The molecule has 0 bridgehead atoms. The fourth-order valence-electron chi connectivity index (χ4n) is 5.08. The Hall–Kier alpha value is -0.0600. The molecule has 0 N–H and O–H groups in total. The van der Waals surface area contributed by atoms with Gasteiger partial charge in [0.15, 0.2) is 0 Å².